The molecule has 2 rings (SSSR count). The molecular formula is C18H26N4OS. The predicted octanol–water partition coefficient (Wildman–Crippen LogP) is 3.86. The first-order valence-electron chi connectivity index (χ1n) is 8.31. The average Bonchev–Trinajstić information content (AvgIpc) is 2.86. The van der Waals surface area contributed by atoms with Crippen molar-refractivity contribution >= 4 is 28.1 Å². The summed E-state index contributed by atoms with van der Waals surface area (Å²) in [6.45, 7) is 7.52. The van der Waals surface area contributed by atoms with Gasteiger partial charge in [-0.25, -0.2) is 4.98 Å². The molecule has 0 atom stereocenters. The van der Waals surface area contributed by atoms with Crippen molar-refractivity contribution in [1.29, 1.82) is 0 Å². The topological polar surface area (TPSA) is 80.0 Å². The van der Waals surface area contributed by atoms with E-state index in [9.17, 15) is 4.79 Å². The minimum atomic E-state index is -0.118. The van der Waals surface area contributed by atoms with Crippen molar-refractivity contribution in [2.45, 2.75) is 40.0 Å². The summed E-state index contributed by atoms with van der Waals surface area (Å²) in [5.74, 6) is -0.118. The molecule has 1 aromatic heterocycles. The van der Waals surface area contributed by atoms with Gasteiger partial charge in [0.15, 0.2) is 5.13 Å². The lowest BCUT2D eigenvalue weighted by Gasteiger charge is -2.10. The molecule has 1 aromatic carbocycles. The van der Waals surface area contributed by atoms with Gasteiger partial charge < -0.3 is 11.1 Å². The molecule has 2 aromatic rings. The van der Waals surface area contributed by atoms with Crippen molar-refractivity contribution in [3.05, 3.63) is 39.9 Å². The Hall–Kier alpha value is -1.92. The number of aryl methyl sites for hydroxylation is 3. The van der Waals surface area contributed by atoms with Crippen LogP contribution in [0.25, 0.3) is 0 Å². The first kappa shape index (κ1) is 18.4. The van der Waals surface area contributed by atoms with Crippen LogP contribution < -0.4 is 16.4 Å². The lowest BCUT2D eigenvalue weighted by molar-refractivity contribution is 0.102. The van der Waals surface area contributed by atoms with Gasteiger partial charge in [-0.15, -0.1) is 11.3 Å². The third kappa shape index (κ3) is 5.04. The Morgan fingerprint density at radius 2 is 2.00 bits per heavy atom. The molecule has 6 heteroatoms. The Kier molecular flexibility index (Phi) is 6.75. The maximum absolute atomic E-state index is 12.5. The number of aromatic nitrogens is 1. The van der Waals surface area contributed by atoms with Crippen molar-refractivity contribution in [2.24, 2.45) is 5.73 Å². The summed E-state index contributed by atoms with van der Waals surface area (Å²) in [7, 11) is 0. The van der Waals surface area contributed by atoms with Crippen LogP contribution in [0.4, 0.5) is 10.8 Å². The number of rotatable bonds is 8. The molecule has 0 saturated carbocycles. The summed E-state index contributed by atoms with van der Waals surface area (Å²) in [5, 5.41) is 6.92. The number of hydrogen-bond acceptors (Lipinski definition) is 5. The molecule has 1 heterocycles. The van der Waals surface area contributed by atoms with Crippen LogP contribution in [0.5, 0.6) is 0 Å². The lowest BCUT2D eigenvalue weighted by Crippen LogP contribution is -2.14. The Labute approximate surface area is 147 Å². The van der Waals surface area contributed by atoms with Crippen LogP contribution in [0.15, 0.2) is 18.2 Å². The number of carbonyl (C=O) groups excluding carboxylic acids is 1. The van der Waals surface area contributed by atoms with Crippen LogP contribution in [0.2, 0.25) is 0 Å². The fourth-order valence-corrected chi connectivity index (χ4v) is 3.16. The quantitative estimate of drug-likeness (QED) is 0.634. The van der Waals surface area contributed by atoms with Gasteiger partial charge in [0.2, 0.25) is 0 Å². The zero-order chi connectivity index (χ0) is 17.5. The van der Waals surface area contributed by atoms with Crippen molar-refractivity contribution in [3.8, 4) is 0 Å². The number of amides is 1. The van der Waals surface area contributed by atoms with Crippen LogP contribution in [-0.4, -0.2) is 24.0 Å². The maximum Gasteiger partial charge on any atom is 0.257 e. The van der Waals surface area contributed by atoms with E-state index in [-0.39, 0.29) is 5.91 Å². The first-order valence-corrected chi connectivity index (χ1v) is 9.13. The van der Waals surface area contributed by atoms with Gasteiger partial charge in [0.1, 0.15) is 0 Å². The summed E-state index contributed by atoms with van der Waals surface area (Å²) >= 11 is 1.50. The zero-order valence-corrected chi connectivity index (χ0v) is 15.4. The van der Waals surface area contributed by atoms with E-state index in [2.05, 4.69) is 15.6 Å². The van der Waals surface area contributed by atoms with Crippen molar-refractivity contribution in [3.63, 3.8) is 0 Å². The number of carbonyl (C=O) groups is 1. The maximum atomic E-state index is 12.5. The monoisotopic (exact) mass is 346 g/mol. The van der Waals surface area contributed by atoms with Gasteiger partial charge in [-0.2, -0.15) is 0 Å². The molecule has 0 aliphatic carbocycles. The molecular weight excluding hydrogens is 320 g/mol. The van der Waals surface area contributed by atoms with Gasteiger partial charge in [0.25, 0.3) is 5.91 Å². The Bertz CT molecular complexity index is 677. The standard InChI is InChI=1S/C18H26N4OS/c1-12-7-8-15(20-10-6-4-5-9-19)11-16(12)17(23)22-18-21-13(2)14(3)24-18/h7-8,11,20H,4-6,9-10,19H2,1-3H3,(H,21,22,23). The smallest absolute Gasteiger partial charge is 0.257 e. The van der Waals surface area contributed by atoms with E-state index in [1.54, 1.807) is 0 Å². The highest BCUT2D eigenvalue weighted by Gasteiger charge is 2.13. The fraction of sp³-hybridized carbons (Fsp3) is 0.444. The van der Waals surface area contributed by atoms with Gasteiger partial charge in [0, 0.05) is 22.7 Å². The molecule has 0 bridgehead atoms. The van der Waals surface area contributed by atoms with E-state index in [0.717, 1.165) is 54.2 Å². The molecule has 0 fully saturated rings. The van der Waals surface area contributed by atoms with E-state index in [1.165, 1.54) is 11.3 Å². The summed E-state index contributed by atoms with van der Waals surface area (Å²) < 4.78 is 0. The Morgan fingerprint density at radius 3 is 2.67 bits per heavy atom. The molecule has 0 saturated heterocycles. The molecule has 4 N–H and O–H groups in total. The highest BCUT2D eigenvalue weighted by Crippen LogP contribution is 2.23. The zero-order valence-electron chi connectivity index (χ0n) is 14.6. The van der Waals surface area contributed by atoms with Gasteiger partial charge in [-0.05, 0) is 57.9 Å². The summed E-state index contributed by atoms with van der Waals surface area (Å²) in [6, 6.07) is 5.88. The van der Waals surface area contributed by atoms with Gasteiger partial charge in [-0.3, -0.25) is 10.1 Å². The number of nitrogens with one attached hydrogen (secondary N) is 2. The van der Waals surface area contributed by atoms with Crippen molar-refractivity contribution in [2.75, 3.05) is 23.7 Å². The largest absolute Gasteiger partial charge is 0.385 e. The SMILES string of the molecule is Cc1ccc(NCCCCCN)cc1C(=O)Nc1nc(C)c(C)s1. The molecule has 24 heavy (non-hydrogen) atoms. The number of nitrogens with zero attached hydrogens (tertiary/aromatic N) is 1. The van der Waals surface area contributed by atoms with E-state index >= 15 is 0 Å². The molecule has 0 aliphatic heterocycles. The predicted molar refractivity (Wildman–Crippen MR) is 102 cm³/mol. The molecule has 130 valence electrons. The first-order chi connectivity index (χ1) is 11.5. The summed E-state index contributed by atoms with van der Waals surface area (Å²) in [5.41, 5.74) is 9.04. The number of unbranched alkanes of at least 4 members (excludes halogenated alkanes) is 2. The number of benzene rings is 1. The second kappa shape index (κ2) is 8.80. The highest BCUT2D eigenvalue weighted by molar-refractivity contribution is 7.15. The van der Waals surface area contributed by atoms with E-state index < -0.39 is 0 Å². The average molecular weight is 347 g/mol. The van der Waals surface area contributed by atoms with E-state index in [1.807, 2.05) is 39.0 Å². The van der Waals surface area contributed by atoms with Crippen molar-refractivity contribution < 1.29 is 4.79 Å². The van der Waals surface area contributed by atoms with Crippen LogP contribution in [0.3, 0.4) is 0 Å². The van der Waals surface area contributed by atoms with Gasteiger partial charge in [-0.1, -0.05) is 12.5 Å². The number of hydrogen-bond donors (Lipinski definition) is 3. The summed E-state index contributed by atoms with van der Waals surface area (Å²) in [4.78, 5) is 18.0. The van der Waals surface area contributed by atoms with Crippen molar-refractivity contribution in [1.82, 2.24) is 4.98 Å². The second-order valence-electron chi connectivity index (χ2n) is 5.92. The molecule has 1 amide bonds. The van der Waals surface area contributed by atoms with Crippen LogP contribution in [0, 0.1) is 20.8 Å². The number of thiazole rings is 1. The third-order valence-corrected chi connectivity index (χ3v) is 4.93. The normalized spacial score (nSPS) is 10.7. The molecule has 0 spiro atoms. The third-order valence-electron chi connectivity index (χ3n) is 3.94. The Balaban J connectivity index is 2.00. The minimum Gasteiger partial charge on any atom is -0.385 e. The van der Waals surface area contributed by atoms with E-state index in [0.29, 0.717) is 10.7 Å². The van der Waals surface area contributed by atoms with E-state index in [4.69, 9.17) is 5.73 Å². The molecule has 5 nitrogen and oxygen atoms in total. The number of anilines is 2. The lowest BCUT2D eigenvalue weighted by atomic mass is 10.1. The summed E-state index contributed by atoms with van der Waals surface area (Å²) in [6.07, 6.45) is 3.24. The highest BCUT2D eigenvalue weighted by atomic mass is 32.1. The number of nitrogens with two attached hydrogens (primary N) is 1. The molecule has 0 unspecified atom stereocenters. The van der Waals surface area contributed by atoms with Crippen LogP contribution in [-0.2, 0) is 0 Å². The van der Waals surface area contributed by atoms with Gasteiger partial charge >= 0.3 is 0 Å². The molecule has 0 radical (unpaired) electrons. The Morgan fingerprint density at radius 1 is 1.21 bits per heavy atom. The van der Waals surface area contributed by atoms with Gasteiger partial charge in [0.05, 0.1) is 5.69 Å². The fourth-order valence-electron chi connectivity index (χ4n) is 2.35. The minimum absolute atomic E-state index is 0.118. The molecule has 0 aliphatic rings. The van der Waals surface area contributed by atoms with Crippen LogP contribution >= 0.6 is 11.3 Å². The second-order valence-corrected chi connectivity index (χ2v) is 7.12. The van der Waals surface area contributed by atoms with Crippen LogP contribution in [0.1, 0.15) is 45.8 Å².